The Bertz CT molecular complexity index is 1080. The lowest BCUT2D eigenvalue weighted by Crippen LogP contribution is -2.12. The molecule has 3 rings (SSSR count). The largest absolute Gasteiger partial charge is 0.493 e. The van der Waals surface area contributed by atoms with Crippen LogP contribution in [0.2, 0.25) is 0 Å². The monoisotopic (exact) mass is 378 g/mol. The van der Waals surface area contributed by atoms with Crippen LogP contribution in [0.25, 0.3) is 10.9 Å². The molecule has 0 saturated carbocycles. The second-order valence-electron chi connectivity index (χ2n) is 6.69. The van der Waals surface area contributed by atoms with E-state index in [0.29, 0.717) is 11.1 Å². The number of hydrogen-bond donors (Lipinski definition) is 2. The number of nitrogens with zero attached hydrogens (tertiary/aromatic N) is 3. The molecule has 0 aliphatic heterocycles. The zero-order valence-corrected chi connectivity index (χ0v) is 16.1. The van der Waals surface area contributed by atoms with Crippen LogP contribution in [0.1, 0.15) is 24.0 Å². The van der Waals surface area contributed by atoms with Crippen LogP contribution in [0.5, 0.6) is 5.88 Å². The minimum absolute atomic E-state index is 0.00625. The number of hydrogen-bond acceptors (Lipinski definition) is 4. The van der Waals surface area contributed by atoms with Gasteiger partial charge in [0.25, 0.3) is 5.91 Å². The average Bonchev–Trinajstić information content (AvgIpc) is 2.92. The zero-order valence-electron chi connectivity index (χ0n) is 16.1. The van der Waals surface area contributed by atoms with Gasteiger partial charge in [0, 0.05) is 31.0 Å². The summed E-state index contributed by atoms with van der Waals surface area (Å²) in [4.78, 5) is 24.0. The first-order valence-corrected chi connectivity index (χ1v) is 8.95. The molecule has 2 N–H and O–H groups in total. The Morgan fingerprint density at radius 1 is 1.07 bits per heavy atom. The molecule has 0 fully saturated rings. The van der Waals surface area contributed by atoms with Crippen molar-refractivity contribution in [2.24, 2.45) is 17.3 Å². The van der Waals surface area contributed by atoms with E-state index in [1.54, 1.807) is 17.7 Å². The van der Waals surface area contributed by atoms with Gasteiger partial charge in [-0.05, 0) is 43.2 Å². The molecule has 0 saturated heterocycles. The molecule has 7 heteroatoms. The minimum atomic E-state index is -0.525. The number of amides is 2. The smallest absolute Gasteiger partial charge is 0.265 e. The molecule has 28 heavy (non-hydrogen) atoms. The van der Waals surface area contributed by atoms with Crippen LogP contribution in [0.4, 0.5) is 11.4 Å². The van der Waals surface area contributed by atoms with Crippen LogP contribution >= 0.6 is 0 Å². The number of azo groups is 1. The second-order valence-corrected chi connectivity index (χ2v) is 6.69. The third kappa shape index (κ3) is 4.09. The fourth-order valence-electron chi connectivity index (χ4n) is 2.88. The van der Waals surface area contributed by atoms with E-state index in [0.717, 1.165) is 16.6 Å². The highest BCUT2D eigenvalue weighted by atomic mass is 16.3. The van der Waals surface area contributed by atoms with Gasteiger partial charge in [-0.15, -0.1) is 10.2 Å². The van der Waals surface area contributed by atoms with Crippen LogP contribution in [0.15, 0.2) is 52.7 Å². The third-order valence-corrected chi connectivity index (χ3v) is 4.67. The lowest BCUT2D eigenvalue weighted by Gasteiger charge is -2.06. The van der Waals surface area contributed by atoms with E-state index in [1.807, 2.05) is 50.2 Å². The van der Waals surface area contributed by atoms with Crippen molar-refractivity contribution in [2.75, 3.05) is 5.32 Å². The summed E-state index contributed by atoms with van der Waals surface area (Å²) in [5, 5.41) is 21.2. The molecule has 144 valence electrons. The SMILES string of the molecule is Cc1ccc(NC(=O)CCC(=O)N=Nc2c(O)n(C)c3ccccc23)cc1C. The summed E-state index contributed by atoms with van der Waals surface area (Å²) < 4.78 is 1.57. The second kappa shape index (κ2) is 8.04. The van der Waals surface area contributed by atoms with Gasteiger partial charge < -0.3 is 15.0 Å². The molecule has 3 aromatic rings. The number of carbonyl (C=O) groups is 2. The fraction of sp³-hybridized carbons (Fsp3) is 0.238. The maximum absolute atomic E-state index is 12.0. The Kier molecular flexibility index (Phi) is 5.54. The molecule has 0 unspecified atom stereocenters. The summed E-state index contributed by atoms with van der Waals surface area (Å²) in [6.45, 7) is 3.97. The van der Waals surface area contributed by atoms with Crippen molar-refractivity contribution >= 4 is 34.1 Å². The van der Waals surface area contributed by atoms with Crippen LogP contribution in [0.3, 0.4) is 0 Å². The average molecular weight is 378 g/mol. The molecular weight excluding hydrogens is 356 g/mol. The van der Waals surface area contributed by atoms with E-state index in [2.05, 4.69) is 15.5 Å². The quantitative estimate of drug-likeness (QED) is 0.638. The Balaban J connectivity index is 1.61. The summed E-state index contributed by atoms with van der Waals surface area (Å²) in [5.74, 6) is -0.854. The van der Waals surface area contributed by atoms with Crippen molar-refractivity contribution in [1.82, 2.24) is 4.57 Å². The Labute approximate surface area is 162 Å². The molecule has 0 spiro atoms. The highest BCUT2D eigenvalue weighted by Gasteiger charge is 2.14. The van der Waals surface area contributed by atoms with Crippen molar-refractivity contribution in [3.8, 4) is 5.88 Å². The number of carbonyl (C=O) groups excluding carboxylic acids is 2. The number of aromatic hydroxyl groups is 1. The molecular formula is C21H22N4O3. The number of aromatic nitrogens is 1. The Morgan fingerprint density at radius 3 is 2.57 bits per heavy atom. The van der Waals surface area contributed by atoms with Crippen molar-refractivity contribution in [3.05, 3.63) is 53.6 Å². The van der Waals surface area contributed by atoms with E-state index in [1.165, 1.54) is 0 Å². The van der Waals surface area contributed by atoms with Gasteiger partial charge in [0.15, 0.2) is 5.69 Å². The third-order valence-electron chi connectivity index (χ3n) is 4.67. The van der Waals surface area contributed by atoms with Gasteiger partial charge in [0.05, 0.1) is 5.52 Å². The molecule has 0 atom stereocenters. The van der Waals surface area contributed by atoms with Gasteiger partial charge in [0.1, 0.15) is 0 Å². The number of para-hydroxylation sites is 1. The number of nitrogens with one attached hydrogen (secondary N) is 1. The molecule has 0 bridgehead atoms. The van der Waals surface area contributed by atoms with Crippen molar-refractivity contribution in [1.29, 1.82) is 0 Å². The Hall–Kier alpha value is -3.48. The van der Waals surface area contributed by atoms with E-state index in [9.17, 15) is 14.7 Å². The van der Waals surface area contributed by atoms with Crippen molar-refractivity contribution in [2.45, 2.75) is 26.7 Å². The first kappa shape index (κ1) is 19.3. The summed E-state index contributed by atoms with van der Waals surface area (Å²) in [6.07, 6.45) is -0.0575. The van der Waals surface area contributed by atoms with Gasteiger partial charge in [-0.1, -0.05) is 24.3 Å². The highest BCUT2D eigenvalue weighted by Crippen LogP contribution is 2.37. The van der Waals surface area contributed by atoms with Crippen LogP contribution < -0.4 is 5.32 Å². The minimum Gasteiger partial charge on any atom is -0.493 e. The van der Waals surface area contributed by atoms with Crippen LogP contribution in [-0.4, -0.2) is 21.5 Å². The van der Waals surface area contributed by atoms with Crippen LogP contribution in [0, 0.1) is 13.8 Å². The summed E-state index contributed by atoms with van der Waals surface area (Å²) in [6, 6.07) is 12.9. The molecule has 0 radical (unpaired) electrons. The van der Waals surface area contributed by atoms with E-state index in [-0.39, 0.29) is 30.3 Å². The fourth-order valence-corrected chi connectivity index (χ4v) is 2.88. The van der Waals surface area contributed by atoms with E-state index < -0.39 is 5.91 Å². The molecule has 0 aliphatic carbocycles. The maximum atomic E-state index is 12.0. The Morgan fingerprint density at radius 2 is 1.82 bits per heavy atom. The van der Waals surface area contributed by atoms with E-state index >= 15 is 0 Å². The number of anilines is 1. The lowest BCUT2D eigenvalue weighted by atomic mass is 10.1. The van der Waals surface area contributed by atoms with Gasteiger partial charge in [0.2, 0.25) is 11.8 Å². The van der Waals surface area contributed by atoms with Gasteiger partial charge in [-0.2, -0.15) is 0 Å². The highest BCUT2D eigenvalue weighted by molar-refractivity contribution is 5.96. The maximum Gasteiger partial charge on any atom is 0.265 e. The molecule has 1 aromatic heterocycles. The standard InChI is InChI=1S/C21H22N4O3/c1-13-8-9-15(12-14(13)2)22-18(26)10-11-19(27)23-24-20-16-6-4-5-7-17(16)25(3)21(20)28/h4-9,12,28H,10-11H2,1-3H3,(H,22,26). The number of aryl methyl sites for hydroxylation is 3. The predicted molar refractivity (Wildman–Crippen MR) is 108 cm³/mol. The zero-order chi connectivity index (χ0) is 20.3. The molecule has 1 heterocycles. The van der Waals surface area contributed by atoms with E-state index in [4.69, 9.17) is 0 Å². The number of rotatable bonds is 5. The molecule has 7 nitrogen and oxygen atoms in total. The summed E-state index contributed by atoms with van der Waals surface area (Å²) in [5.41, 5.74) is 3.95. The van der Waals surface area contributed by atoms with Crippen molar-refractivity contribution in [3.63, 3.8) is 0 Å². The lowest BCUT2D eigenvalue weighted by molar-refractivity contribution is -0.122. The molecule has 0 aliphatic rings. The van der Waals surface area contributed by atoms with Gasteiger partial charge in [-0.25, -0.2) is 0 Å². The first-order chi connectivity index (χ1) is 13.4. The predicted octanol–water partition coefficient (Wildman–Crippen LogP) is 4.53. The first-order valence-electron chi connectivity index (χ1n) is 8.95. The van der Waals surface area contributed by atoms with Crippen LogP contribution in [-0.2, 0) is 16.6 Å². The number of benzene rings is 2. The van der Waals surface area contributed by atoms with Gasteiger partial charge in [-0.3, -0.25) is 9.59 Å². The summed E-state index contributed by atoms with van der Waals surface area (Å²) >= 11 is 0. The molecule has 2 aromatic carbocycles. The molecule has 2 amide bonds. The topological polar surface area (TPSA) is 96.1 Å². The van der Waals surface area contributed by atoms with Gasteiger partial charge >= 0.3 is 0 Å². The normalized spacial score (nSPS) is 11.2. The summed E-state index contributed by atoms with van der Waals surface area (Å²) in [7, 11) is 1.70. The number of fused-ring (bicyclic) bond motifs is 1. The van der Waals surface area contributed by atoms with Crippen molar-refractivity contribution < 1.29 is 14.7 Å².